The zero-order valence-corrected chi connectivity index (χ0v) is 30.7. The number of carbonyl (C=O) groups excluding carboxylic acids is 1. The van der Waals surface area contributed by atoms with Gasteiger partial charge in [0.15, 0.2) is 5.78 Å². The summed E-state index contributed by atoms with van der Waals surface area (Å²) in [5.74, 6) is 1.79. The van der Waals surface area contributed by atoms with Crippen LogP contribution in [-0.4, -0.2) is 40.6 Å². The molecule has 3 atom stereocenters. The molecule has 1 heterocycles. The van der Waals surface area contributed by atoms with Crippen molar-refractivity contribution < 1.29 is 14.6 Å². The Bertz CT molecular complexity index is 1590. The molecule has 0 aliphatic heterocycles. The molecule has 0 bridgehead atoms. The molecule has 1 unspecified atom stereocenters. The van der Waals surface area contributed by atoms with Crippen LogP contribution in [0.1, 0.15) is 95.4 Å². The lowest BCUT2D eigenvalue weighted by Crippen LogP contribution is -2.32. The maximum Gasteiger partial charge on any atom is 0.318 e. The average molecular weight is 679 g/mol. The first kappa shape index (κ1) is 40.0. The van der Waals surface area contributed by atoms with E-state index in [-0.39, 0.29) is 23.4 Å². The second kappa shape index (κ2) is 21.6. The van der Waals surface area contributed by atoms with Gasteiger partial charge in [-0.15, -0.1) is 13.2 Å². The Balaban J connectivity index is 1.99. The number of nitrogens with zero attached hydrogens (tertiary/aromatic N) is 4. The summed E-state index contributed by atoms with van der Waals surface area (Å²) in [5, 5.41) is 22.2. The number of anilines is 1. The summed E-state index contributed by atoms with van der Waals surface area (Å²) in [7, 11) is 0. The summed E-state index contributed by atoms with van der Waals surface area (Å²) in [6.45, 7) is 20.1. The second-order valence-electron chi connectivity index (χ2n) is 13.6. The fourth-order valence-corrected chi connectivity index (χ4v) is 6.60. The Morgan fingerprint density at radius 3 is 2.60 bits per heavy atom. The molecule has 0 aliphatic rings. The van der Waals surface area contributed by atoms with Crippen molar-refractivity contribution in [3.8, 4) is 17.8 Å². The number of aromatic nitrogens is 2. The Kier molecular flexibility index (Phi) is 17.3. The number of carbonyl (C=O) groups is 1. The molecule has 3 aromatic rings. The standard InChI is InChI=1S/C43H58N4O3/c1-7-12-18-34(17-8-2)31-50-43-45-41(11-5)40(42(46-43)47(30-32(6)24-25-44)26-16-15-20-37(48)10-4)23-22-33(9-3)27-36-29-38(49)28-35-19-13-14-21-39(35)36/h8-10,13-14,19,21,28-29,32-34,49H,2-4,7,11-12,15-18,20,22-24,26-27,30-31H2,1,5-6H3/t32-,33?,34-/m0/s1. The van der Waals surface area contributed by atoms with E-state index < -0.39 is 0 Å². The first-order valence-corrected chi connectivity index (χ1v) is 18.5. The number of ketones is 1. The number of aryl methyl sites for hydroxylation is 1. The lowest BCUT2D eigenvalue weighted by molar-refractivity contribution is -0.114. The molecule has 50 heavy (non-hydrogen) atoms. The largest absolute Gasteiger partial charge is 0.508 e. The van der Waals surface area contributed by atoms with Gasteiger partial charge in [-0.3, -0.25) is 4.79 Å². The normalized spacial score (nSPS) is 12.8. The molecule has 0 spiro atoms. The van der Waals surface area contributed by atoms with Crippen LogP contribution in [0, 0.1) is 29.1 Å². The van der Waals surface area contributed by atoms with E-state index in [4.69, 9.17) is 14.7 Å². The smallest absolute Gasteiger partial charge is 0.318 e. The number of unbranched alkanes of at least 4 members (excludes halogenated alkanes) is 2. The van der Waals surface area contributed by atoms with E-state index in [1.807, 2.05) is 36.4 Å². The van der Waals surface area contributed by atoms with Crippen LogP contribution in [0.3, 0.4) is 0 Å². The molecule has 0 amide bonds. The van der Waals surface area contributed by atoms with E-state index in [1.165, 1.54) is 6.08 Å². The minimum absolute atomic E-state index is 0.0493. The highest BCUT2D eigenvalue weighted by atomic mass is 16.5. The Morgan fingerprint density at radius 2 is 1.90 bits per heavy atom. The number of benzene rings is 2. The SMILES string of the molecule is C=CC[C@@H](CCCC)COc1nc(CC)c(CCC(C=C)Cc2cc(O)cc3ccccc23)c(N(CCCCC(=O)C=C)C[C@@H](C)CC#N)n1. The van der Waals surface area contributed by atoms with Crippen molar-refractivity contribution in [3.63, 3.8) is 0 Å². The minimum atomic E-state index is 0.0493. The molecule has 1 N–H and O–H groups in total. The molecule has 7 heteroatoms. The first-order valence-electron chi connectivity index (χ1n) is 18.5. The third-order valence-electron chi connectivity index (χ3n) is 9.41. The van der Waals surface area contributed by atoms with Crippen LogP contribution < -0.4 is 9.64 Å². The molecule has 0 saturated heterocycles. The van der Waals surface area contributed by atoms with Gasteiger partial charge < -0.3 is 14.7 Å². The monoisotopic (exact) mass is 678 g/mol. The van der Waals surface area contributed by atoms with Crippen molar-refractivity contribution in [2.24, 2.45) is 17.8 Å². The summed E-state index contributed by atoms with van der Waals surface area (Å²) >= 11 is 0. The van der Waals surface area contributed by atoms with Gasteiger partial charge in [-0.25, -0.2) is 0 Å². The minimum Gasteiger partial charge on any atom is -0.508 e. The molecule has 1 aromatic heterocycles. The molecule has 0 aliphatic carbocycles. The second-order valence-corrected chi connectivity index (χ2v) is 13.6. The van der Waals surface area contributed by atoms with Crippen molar-refractivity contribution in [1.29, 1.82) is 5.26 Å². The highest BCUT2D eigenvalue weighted by molar-refractivity contribution is 5.89. The number of aromatic hydroxyl groups is 1. The van der Waals surface area contributed by atoms with Gasteiger partial charge in [-0.2, -0.15) is 15.2 Å². The van der Waals surface area contributed by atoms with Crippen molar-refractivity contribution in [2.45, 2.75) is 97.8 Å². The zero-order chi connectivity index (χ0) is 36.3. The van der Waals surface area contributed by atoms with Crippen LogP contribution in [-0.2, 0) is 24.1 Å². The summed E-state index contributed by atoms with van der Waals surface area (Å²) < 4.78 is 6.36. The van der Waals surface area contributed by atoms with Gasteiger partial charge in [0, 0.05) is 31.5 Å². The number of fused-ring (bicyclic) bond motifs is 1. The number of allylic oxidation sites excluding steroid dienone is 3. The number of nitriles is 1. The molecule has 2 aromatic carbocycles. The topological polar surface area (TPSA) is 99.3 Å². The maximum atomic E-state index is 12.0. The van der Waals surface area contributed by atoms with Crippen molar-refractivity contribution in [3.05, 3.63) is 91.2 Å². The molecule has 0 saturated carbocycles. The lowest BCUT2D eigenvalue weighted by atomic mass is 9.90. The predicted octanol–water partition coefficient (Wildman–Crippen LogP) is 9.92. The number of phenolic OH excluding ortho intramolecular Hbond substituents is 1. The third kappa shape index (κ3) is 12.5. The van der Waals surface area contributed by atoms with Crippen molar-refractivity contribution in [2.75, 3.05) is 24.6 Å². The molecular weight excluding hydrogens is 620 g/mol. The van der Waals surface area contributed by atoms with Crippen LogP contribution in [0.4, 0.5) is 5.82 Å². The molecule has 7 nitrogen and oxygen atoms in total. The van der Waals surface area contributed by atoms with Gasteiger partial charge in [0.1, 0.15) is 11.6 Å². The van der Waals surface area contributed by atoms with E-state index >= 15 is 0 Å². The van der Waals surface area contributed by atoms with Crippen molar-refractivity contribution in [1.82, 2.24) is 9.97 Å². The van der Waals surface area contributed by atoms with Gasteiger partial charge in [0.05, 0.1) is 18.4 Å². The average Bonchev–Trinajstić information content (AvgIpc) is 3.12. The van der Waals surface area contributed by atoms with Crippen LogP contribution in [0.2, 0.25) is 0 Å². The number of phenols is 1. The summed E-state index contributed by atoms with van der Waals surface area (Å²) in [6, 6.07) is 14.6. The fraction of sp³-hybridized carbons (Fsp3) is 0.488. The number of hydrogen-bond acceptors (Lipinski definition) is 7. The van der Waals surface area contributed by atoms with Gasteiger partial charge >= 0.3 is 6.01 Å². The van der Waals surface area contributed by atoms with E-state index in [0.29, 0.717) is 44.5 Å². The molecule has 3 rings (SSSR count). The fourth-order valence-electron chi connectivity index (χ4n) is 6.60. The maximum absolute atomic E-state index is 12.0. The van der Waals surface area contributed by atoms with Crippen LogP contribution in [0.15, 0.2) is 74.4 Å². The number of rotatable bonds is 25. The predicted molar refractivity (Wildman–Crippen MR) is 207 cm³/mol. The van der Waals surface area contributed by atoms with Crippen LogP contribution >= 0.6 is 0 Å². The molecule has 268 valence electrons. The highest BCUT2D eigenvalue weighted by Crippen LogP contribution is 2.32. The van der Waals surface area contributed by atoms with E-state index in [1.54, 1.807) is 6.07 Å². The van der Waals surface area contributed by atoms with Gasteiger partial charge in [-0.05, 0) is 104 Å². The van der Waals surface area contributed by atoms with Gasteiger partial charge in [0.25, 0.3) is 0 Å². The van der Waals surface area contributed by atoms with Crippen LogP contribution in [0.25, 0.3) is 10.8 Å². The van der Waals surface area contributed by atoms with Crippen molar-refractivity contribution >= 4 is 22.4 Å². The van der Waals surface area contributed by atoms with Gasteiger partial charge in [0.2, 0.25) is 0 Å². The number of hydrogen-bond donors (Lipinski definition) is 1. The Hall–Kier alpha value is -4.44. The van der Waals surface area contributed by atoms with E-state index in [0.717, 1.165) is 97.6 Å². The summed E-state index contributed by atoms with van der Waals surface area (Å²) in [6.07, 6.45) is 15.1. The summed E-state index contributed by atoms with van der Waals surface area (Å²) in [5.41, 5.74) is 3.15. The third-order valence-corrected chi connectivity index (χ3v) is 9.41. The lowest BCUT2D eigenvalue weighted by Gasteiger charge is -2.30. The van der Waals surface area contributed by atoms with E-state index in [2.05, 4.69) is 57.5 Å². The van der Waals surface area contributed by atoms with E-state index in [9.17, 15) is 15.2 Å². The first-order chi connectivity index (χ1) is 24.3. The molecule has 0 radical (unpaired) electrons. The zero-order valence-electron chi connectivity index (χ0n) is 30.7. The summed E-state index contributed by atoms with van der Waals surface area (Å²) in [4.78, 5) is 24.4. The Morgan fingerprint density at radius 1 is 1.10 bits per heavy atom. The molecule has 0 fully saturated rings. The quantitative estimate of drug-likeness (QED) is 0.0541. The number of ether oxygens (including phenoxy) is 1. The van der Waals surface area contributed by atoms with Gasteiger partial charge in [-0.1, -0.05) is 76.6 Å². The van der Waals surface area contributed by atoms with Crippen LogP contribution in [0.5, 0.6) is 11.8 Å². The Labute approximate surface area is 300 Å². The highest BCUT2D eigenvalue weighted by Gasteiger charge is 2.23. The molecular formula is C43H58N4O3.